The van der Waals surface area contributed by atoms with Crippen LogP contribution in [0, 0.1) is 0 Å². The number of nitrogens with zero attached hydrogens (tertiary/aromatic N) is 2. The average Bonchev–Trinajstić information content (AvgIpc) is 3.06. The molecular weight excluding hydrogens is 626 g/mol. The molecular formula is C39H44ClN3O5. The topological polar surface area (TPSA) is 88.2 Å². The van der Waals surface area contributed by atoms with E-state index in [1.54, 1.807) is 21.9 Å². The molecule has 2 aliphatic heterocycles. The minimum absolute atomic E-state index is 0.0436. The number of amides is 2. The molecule has 48 heavy (non-hydrogen) atoms. The Morgan fingerprint density at radius 3 is 1.94 bits per heavy atom. The number of allylic oxidation sites excluding steroid dienone is 2. The van der Waals surface area contributed by atoms with Crippen molar-refractivity contribution in [3.8, 4) is 0 Å². The van der Waals surface area contributed by atoms with Gasteiger partial charge in [-0.1, -0.05) is 84.4 Å². The molecule has 5 rings (SSSR count). The van der Waals surface area contributed by atoms with Crippen molar-refractivity contribution in [1.82, 2.24) is 15.1 Å². The minimum atomic E-state index is -0.701. The van der Waals surface area contributed by atoms with Crippen molar-refractivity contribution in [3.05, 3.63) is 129 Å². The van der Waals surface area contributed by atoms with E-state index < -0.39 is 23.6 Å². The number of halogens is 1. The SMILES string of the molecule is CC1=C(C(=O)OCCC(c2ccccc2)c2ccccc2)C(c2cccc(Cl)c2)C(C(=O)N2CCN(C(=O)OC(C)(C)C)CC2)=C(C)N1. The zero-order chi connectivity index (χ0) is 34.4. The van der Waals surface area contributed by atoms with Crippen LogP contribution in [0.5, 0.6) is 0 Å². The molecule has 1 saturated heterocycles. The van der Waals surface area contributed by atoms with Crippen molar-refractivity contribution in [2.75, 3.05) is 32.8 Å². The molecule has 9 heteroatoms. The van der Waals surface area contributed by atoms with Gasteiger partial charge in [-0.3, -0.25) is 4.79 Å². The first-order chi connectivity index (χ1) is 22.9. The number of ether oxygens (including phenoxy) is 2. The van der Waals surface area contributed by atoms with Crippen molar-refractivity contribution >= 4 is 29.6 Å². The molecule has 2 heterocycles. The quantitative estimate of drug-likeness (QED) is 0.251. The Morgan fingerprint density at radius 2 is 1.38 bits per heavy atom. The molecule has 0 bridgehead atoms. The summed E-state index contributed by atoms with van der Waals surface area (Å²) in [5.41, 5.74) is 4.49. The van der Waals surface area contributed by atoms with Crippen molar-refractivity contribution < 1.29 is 23.9 Å². The van der Waals surface area contributed by atoms with Gasteiger partial charge in [-0.25, -0.2) is 9.59 Å². The molecule has 0 aliphatic carbocycles. The number of rotatable bonds is 8. The number of dihydropyridines is 1. The largest absolute Gasteiger partial charge is 0.462 e. The van der Waals surface area contributed by atoms with Crippen LogP contribution in [0.4, 0.5) is 4.79 Å². The second-order valence-electron chi connectivity index (χ2n) is 13.2. The minimum Gasteiger partial charge on any atom is -0.462 e. The lowest BCUT2D eigenvalue weighted by Crippen LogP contribution is -2.52. The number of hydrogen-bond acceptors (Lipinski definition) is 6. The van der Waals surface area contributed by atoms with E-state index in [4.69, 9.17) is 21.1 Å². The first-order valence-electron chi connectivity index (χ1n) is 16.4. The molecule has 1 fully saturated rings. The zero-order valence-electron chi connectivity index (χ0n) is 28.3. The fraction of sp³-hybridized carbons (Fsp3) is 0.359. The Hall–Kier alpha value is -4.56. The van der Waals surface area contributed by atoms with Gasteiger partial charge in [-0.05, 0) is 69.9 Å². The predicted octanol–water partition coefficient (Wildman–Crippen LogP) is 7.42. The van der Waals surface area contributed by atoms with Crippen LogP contribution in [0.25, 0.3) is 0 Å². The molecule has 2 amide bonds. The van der Waals surface area contributed by atoms with Crippen LogP contribution in [-0.4, -0.2) is 66.2 Å². The van der Waals surface area contributed by atoms with Crippen LogP contribution in [0.3, 0.4) is 0 Å². The van der Waals surface area contributed by atoms with Crippen molar-refractivity contribution in [1.29, 1.82) is 0 Å². The Morgan fingerprint density at radius 1 is 0.812 bits per heavy atom. The van der Waals surface area contributed by atoms with E-state index in [1.807, 2.05) is 83.1 Å². The van der Waals surface area contributed by atoms with Gasteiger partial charge in [0.1, 0.15) is 5.60 Å². The molecule has 0 saturated carbocycles. The van der Waals surface area contributed by atoms with Crippen molar-refractivity contribution in [2.45, 2.75) is 58.5 Å². The highest BCUT2D eigenvalue weighted by atomic mass is 35.5. The molecule has 1 atom stereocenters. The lowest BCUT2D eigenvalue weighted by molar-refractivity contribution is -0.139. The first kappa shape index (κ1) is 34.8. The van der Waals surface area contributed by atoms with Crippen LogP contribution in [0.15, 0.2) is 107 Å². The Bertz CT molecular complexity index is 1650. The molecule has 0 spiro atoms. The predicted molar refractivity (Wildman–Crippen MR) is 187 cm³/mol. The second kappa shape index (κ2) is 15.1. The number of nitrogens with one attached hydrogen (secondary N) is 1. The summed E-state index contributed by atoms with van der Waals surface area (Å²) in [6, 6.07) is 27.6. The molecule has 3 aromatic rings. The molecule has 1 unspecified atom stereocenters. The third-order valence-corrected chi connectivity index (χ3v) is 8.89. The van der Waals surface area contributed by atoms with E-state index in [-0.39, 0.29) is 18.4 Å². The van der Waals surface area contributed by atoms with Crippen LogP contribution >= 0.6 is 11.6 Å². The van der Waals surface area contributed by atoms with Gasteiger partial charge in [0, 0.05) is 54.1 Å². The molecule has 2 aliphatic rings. The highest BCUT2D eigenvalue weighted by molar-refractivity contribution is 6.30. The van der Waals surface area contributed by atoms with Gasteiger partial charge in [-0.2, -0.15) is 0 Å². The van der Waals surface area contributed by atoms with E-state index in [1.165, 1.54) is 0 Å². The van der Waals surface area contributed by atoms with Gasteiger partial charge in [0.15, 0.2) is 0 Å². The second-order valence-corrected chi connectivity index (χ2v) is 13.7. The molecule has 252 valence electrons. The van der Waals surface area contributed by atoms with E-state index in [0.717, 1.165) is 16.7 Å². The number of carbonyl (C=O) groups excluding carboxylic acids is 3. The van der Waals surface area contributed by atoms with Gasteiger partial charge < -0.3 is 24.6 Å². The fourth-order valence-electron chi connectivity index (χ4n) is 6.40. The number of piperazine rings is 1. The Balaban J connectivity index is 1.37. The zero-order valence-corrected chi connectivity index (χ0v) is 29.0. The van der Waals surface area contributed by atoms with E-state index in [0.29, 0.717) is 60.2 Å². The fourth-order valence-corrected chi connectivity index (χ4v) is 6.60. The summed E-state index contributed by atoms with van der Waals surface area (Å²) in [5, 5.41) is 3.79. The van der Waals surface area contributed by atoms with Gasteiger partial charge in [-0.15, -0.1) is 0 Å². The summed E-state index contributed by atoms with van der Waals surface area (Å²) in [4.78, 5) is 44.4. The summed E-state index contributed by atoms with van der Waals surface area (Å²) >= 11 is 6.46. The van der Waals surface area contributed by atoms with Crippen LogP contribution in [0.1, 0.15) is 69.6 Å². The maximum atomic E-state index is 14.3. The lowest BCUT2D eigenvalue weighted by Gasteiger charge is -2.38. The van der Waals surface area contributed by atoms with Crippen LogP contribution < -0.4 is 5.32 Å². The van der Waals surface area contributed by atoms with E-state index in [2.05, 4.69) is 29.6 Å². The maximum absolute atomic E-state index is 14.3. The average molecular weight is 670 g/mol. The summed E-state index contributed by atoms with van der Waals surface area (Å²) in [5.74, 6) is -1.35. The molecule has 8 nitrogen and oxygen atoms in total. The Kier molecular flexibility index (Phi) is 10.9. The van der Waals surface area contributed by atoms with Gasteiger partial charge >= 0.3 is 12.1 Å². The van der Waals surface area contributed by atoms with Gasteiger partial charge in [0.25, 0.3) is 5.91 Å². The standard InChI is InChI=1S/C39H44ClN3O5/c1-26-33(36(44)42-20-22-43(23-21-42)38(46)48-39(3,4)5)35(30-17-12-18-31(40)25-30)34(27(2)41-26)37(45)47-24-19-32(28-13-8-6-9-14-28)29-15-10-7-11-16-29/h6-18,25,32,35,41H,19-24H2,1-5H3. The summed E-state index contributed by atoms with van der Waals surface area (Å²) in [6.45, 7) is 10.7. The van der Waals surface area contributed by atoms with Crippen molar-refractivity contribution in [2.24, 2.45) is 0 Å². The summed E-state index contributed by atoms with van der Waals surface area (Å²) in [6.07, 6.45) is 0.190. The van der Waals surface area contributed by atoms with Crippen LogP contribution in [0.2, 0.25) is 5.02 Å². The normalized spacial score (nSPS) is 16.9. The number of benzene rings is 3. The summed E-state index contributed by atoms with van der Waals surface area (Å²) in [7, 11) is 0. The maximum Gasteiger partial charge on any atom is 0.410 e. The third kappa shape index (κ3) is 8.29. The lowest BCUT2D eigenvalue weighted by atomic mass is 9.79. The number of esters is 1. The Labute approximate surface area is 288 Å². The number of carbonyl (C=O) groups is 3. The number of hydrogen-bond donors (Lipinski definition) is 1. The third-order valence-electron chi connectivity index (χ3n) is 8.65. The van der Waals surface area contributed by atoms with E-state index >= 15 is 0 Å². The van der Waals surface area contributed by atoms with Gasteiger partial charge in [0.2, 0.25) is 0 Å². The summed E-state index contributed by atoms with van der Waals surface area (Å²) < 4.78 is 11.6. The molecule has 0 aromatic heterocycles. The molecule has 1 N–H and O–H groups in total. The smallest absolute Gasteiger partial charge is 0.410 e. The van der Waals surface area contributed by atoms with Crippen molar-refractivity contribution in [3.63, 3.8) is 0 Å². The van der Waals surface area contributed by atoms with E-state index in [9.17, 15) is 14.4 Å². The monoisotopic (exact) mass is 669 g/mol. The highest BCUT2D eigenvalue weighted by Gasteiger charge is 2.40. The molecule has 3 aromatic carbocycles. The molecule has 0 radical (unpaired) electrons. The van der Waals surface area contributed by atoms with Gasteiger partial charge in [0.05, 0.1) is 18.1 Å². The highest BCUT2D eigenvalue weighted by Crippen LogP contribution is 2.40. The van der Waals surface area contributed by atoms with Crippen LogP contribution in [-0.2, 0) is 19.1 Å². The first-order valence-corrected chi connectivity index (χ1v) is 16.8.